The average Bonchev–Trinajstić information content (AvgIpc) is 3.01. The largest absolute Gasteiger partial charge is 0.336 e. The van der Waals surface area contributed by atoms with Crippen LogP contribution in [0.2, 0.25) is 0 Å². The van der Waals surface area contributed by atoms with Crippen molar-refractivity contribution in [2.24, 2.45) is 0 Å². The van der Waals surface area contributed by atoms with E-state index in [1.54, 1.807) is 12.3 Å². The molecule has 2 aromatic rings. The molecule has 1 atom stereocenters. The molecule has 0 saturated carbocycles. The molecule has 1 aliphatic heterocycles. The predicted molar refractivity (Wildman–Crippen MR) is 86.9 cm³/mol. The first kappa shape index (κ1) is 14.9. The molecular weight excluding hydrogens is 298 g/mol. The number of thiophene rings is 1. The molecule has 0 saturated heterocycles. The number of urea groups is 1. The fraction of sp³-hybridized carbons (Fsp3) is 0.400. The summed E-state index contributed by atoms with van der Waals surface area (Å²) >= 11 is 1.84. The lowest BCUT2D eigenvalue weighted by molar-refractivity contribution is 0.188. The van der Waals surface area contributed by atoms with Gasteiger partial charge in [0.2, 0.25) is 0 Å². The molecule has 116 valence electrons. The molecule has 0 fully saturated rings. The number of nitrogens with one attached hydrogen (secondary N) is 2. The second kappa shape index (κ2) is 6.85. The minimum absolute atomic E-state index is 0.237. The maximum Gasteiger partial charge on any atom is 0.320 e. The van der Waals surface area contributed by atoms with Crippen LogP contribution in [0.25, 0.3) is 0 Å². The monoisotopic (exact) mass is 317 g/mol. The van der Waals surface area contributed by atoms with Crippen LogP contribution in [-0.4, -0.2) is 40.0 Å². The summed E-state index contributed by atoms with van der Waals surface area (Å²) in [7, 11) is 0. The molecule has 3 heterocycles. The van der Waals surface area contributed by atoms with Gasteiger partial charge < -0.3 is 5.32 Å². The SMILES string of the molecule is CC(CNC(=O)Nc1ccncn1)N1CCc2sccc2C1. The van der Waals surface area contributed by atoms with E-state index in [4.69, 9.17) is 0 Å². The van der Waals surface area contributed by atoms with Crippen molar-refractivity contribution in [3.05, 3.63) is 40.5 Å². The highest BCUT2D eigenvalue weighted by Crippen LogP contribution is 2.24. The van der Waals surface area contributed by atoms with Crippen molar-refractivity contribution in [2.45, 2.75) is 25.9 Å². The van der Waals surface area contributed by atoms with Crippen molar-refractivity contribution >= 4 is 23.2 Å². The number of aromatic nitrogens is 2. The van der Waals surface area contributed by atoms with E-state index >= 15 is 0 Å². The summed E-state index contributed by atoms with van der Waals surface area (Å²) in [5, 5.41) is 7.75. The van der Waals surface area contributed by atoms with Gasteiger partial charge >= 0.3 is 6.03 Å². The zero-order valence-electron chi connectivity index (χ0n) is 12.5. The summed E-state index contributed by atoms with van der Waals surface area (Å²) < 4.78 is 0. The standard InChI is InChI=1S/C15H19N5OS/c1-11(20-6-3-13-12(9-20)4-7-22-13)8-17-15(21)19-14-2-5-16-10-18-14/h2,4-5,7,10-11H,3,6,8-9H2,1H3,(H2,16,17,18,19,21). The molecule has 0 bridgehead atoms. The first-order valence-corrected chi connectivity index (χ1v) is 8.20. The Morgan fingerprint density at radius 3 is 3.23 bits per heavy atom. The Kier molecular flexibility index (Phi) is 4.65. The third kappa shape index (κ3) is 3.61. The van der Waals surface area contributed by atoms with Gasteiger partial charge in [0.1, 0.15) is 12.1 Å². The third-order valence-electron chi connectivity index (χ3n) is 3.84. The number of carbonyl (C=O) groups excluding carboxylic acids is 1. The van der Waals surface area contributed by atoms with Gasteiger partial charge in [-0.3, -0.25) is 10.2 Å². The molecule has 1 aliphatic rings. The Morgan fingerprint density at radius 2 is 2.41 bits per heavy atom. The number of hydrogen-bond donors (Lipinski definition) is 2. The molecule has 0 radical (unpaired) electrons. The topological polar surface area (TPSA) is 70.1 Å². The summed E-state index contributed by atoms with van der Waals surface area (Å²) in [6.45, 7) is 4.76. The van der Waals surface area contributed by atoms with Crippen molar-refractivity contribution in [3.8, 4) is 0 Å². The highest BCUT2D eigenvalue weighted by atomic mass is 32.1. The van der Waals surface area contributed by atoms with E-state index in [0.29, 0.717) is 18.4 Å². The van der Waals surface area contributed by atoms with Crippen LogP contribution < -0.4 is 10.6 Å². The Bertz CT molecular complexity index is 630. The molecule has 22 heavy (non-hydrogen) atoms. The molecule has 1 unspecified atom stereocenters. The fourth-order valence-electron chi connectivity index (χ4n) is 2.54. The van der Waals surface area contributed by atoms with Gasteiger partial charge in [0.15, 0.2) is 0 Å². The van der Waals surface area contributed by atoms with Gasteiger partial charge in [-0.2, -0.15) is 0 Å². The molecule has 6 nitrogen and oxygen atoms in total. The first-order valence-electron chi connectivity index (χ1n) is 7.32. The normalized spacial score (nSPS) is 15.9. The van der Waals surface area contributed by atoms with Crippen LogP contribution in [0, 0.1) is 0 Å². The first-order chi connectivity index (χ1) is 10.7. The van der Waals surface area contributed by atoms with Crippen molar-refractivity contribution in [1.82, 2.24) is 20.2 Å². The Balaban J connectivity index is 1.46. The molecule has 0 aliphatic carbocycles. The number of nitrogens with zero attached hydrogens (tertiary/aromatic N) is 3. The highest BCUT2D eigenvalue weighted by Gasteiger charge is 2.21. The summed E-state index contributed by atoms with van der Waals surface area (Å²) in [4.78, 5) is 23.5. The van der Waals surface area contributed by atoms with Gasteiger partial charge in [-0.25, -0.2) is 14.8 Å². The minimum Gasteiger partial charge on any atom is -0.336 e. The maximum absolute atomic E-state index is 11.9. The quantitative estimate of drug-likeness (QED) is 0.906. The van der Waals surface area contributed by atoms with Crippen LogP contribution >= 0.6 is 11.3 Å². The summed E-state index contributed by atoms with van der Waals surface area (Å²) in [5.74, 6) is 0.501. The number of rotatable bonds is 4. The number of amides is 2. The fourth-order valence-corrected chi connectivity index (χ4v) is 3.43. The van der Waals surface area contributed by atoms with Gasteiger partial charge in [-0.05, 0) is 36.4 Å². The zero-order chi connectivity index (χ0) is 15.4. The van der Waals surface area contributed by atoms with Crippen LogP contribution in [0.15, 0.2) is 30.0 Å². The second-order valence-electron chi connectivity index (χ2n) is 5.37. The van der Waals surface area contributed by atoms with Gasteiger partial charge in [-0.15, -0.1) is 11.3 Å². The van der Waals surface area contributed by atoms with Crippen molar-refractivity contribution in [1.29, 1.82) is 0 Å². The Labute approximate surface area is 133 Å². The maximum atomic E-state index is 11.9. The van der Waals surface area contributed by atoms with Crippen LogP contribution in [0.4, 0.5) is 10.6 Å². The van der Waals surface area contributed by atoms with Crippen molar-refractivity contribution < 1.29 is 4.79 Å². The smallest absolute Gasteiger partial charge is 0.320 e. The van der Waals surface area contributed by atoms with Gasteiger partial charge in [0.05, 0.1) is 0 Å². The lowest BCUT2D eigenvalue weighted by Gasteiger charge is -2.32. The van der Waals surface area contributed by atoms with Crippen LogP contribution in [-0.2, 0) is 13.0 Å². The highest BCUT2D eigenvalue weighted by molar-refractivity contribution is 7.10. The number of fused-ring (bicyclic) bond motifs is 1. The number of anilines is 1. The lowest BCUT2D eigenvalue weighted by atomic mass is 10.1. The molecule has 2 N–H and O–H groups in total. The van der Waals surface area contributed by atoms with E-state index in [1.165, 1.54) is 16.8 Å². The average molecular weight is 317 g/mol. The molecule has 7 heteroatoms. The van der Waals surface area contributed by atoms with Crippen molar-refractivity contribution in [2.75, 3.05) is 18.4 Å². The Morgan fingerprint density at radius 1 is 1.50 bits per heavy atom. The van der Waals surface area contributed by atoms with Crippen LogP contribution in [0.1, 0.15) is 17.4 Å². The molecule has 2 aromatic heterocycles. The van der Waals surface area contributed by atoms with E-state index < -0.39 is 0 Å². The number of carbonyl (C=O) groups is 1. The molecule has 3 rings (SSSR count). The van der Waals surface area contributed by atoms with E-state index in [1.807, 2.05) is 11.3 Å². The van der Waals surface area contributed by atoms with E-state index in [0.717, 1.165) is 19.5 Å². The van der Waals surface area contributed by atoms with Crippen molar-refractivity contribution in [3.63, 3.8) is 0 Å². The summed E-state index contributed by atoms with van der Waals surface area (Å²) in [5.41, 5.74) is 1.42. The molecular formula is C15H19N5OS. The van der Waals surface area contributed by atoms with Gasteiger partial charge in [-0.1, -0.05) is 0 Å². The van der Waals surface area contributed by atoms with Crippen LogP contribution in [0.5, 0.6) is 0 Å². The summed E-state index contributed by atoms with van der Waals surface area (Å²) in [6, 6.07) is 3.92. The molecule has 2 amide bonds. The van der Waals surface area contributed by atoms with Crippen LogP contribution in [0.3, 0.4) is 0 Å². The lowest BCUT2D eigenvalue weighted by Crippen LogP contribution is -2.45. The molecule has 0 spiro atoms. The summed E-state index contributed by atoms with van der Waals surface area (Å²) in [6.07, 6.45) is 4.10. The van der Waals surface area contributed by atoms with E-state index in [9.17, 15) is 4.79 Å². The Hall–Kier alpha value is -1.99. The van der Waals surface area contributed by atoms with Gasteiger partial charge in [0.25, 0.3) is 0 Å². The molecule has 0 aromatic carbocycles. The predicted octanol–water partition coefficient (Wildman–Crippen LogP) is 2.11. The number of hydrogen-bond acceptors (Lipinski definition) is 5. The minimum atomic E-state index is -0.237. The van der Waals surface area contributed by atoms with E-state index in [2.05, 4.69) is 43.9 Å². The second-order valence-corrected chi connectivity index (χ2v) is 6.37. The van der Waals surface area contributed by atoms with E-state index in [-0.39, 0.29) is 6.03 Å². The zero-order valence-corrected chi connectivity index (χ0v) is 13.3. The third-order valence-corrected chi connectivity index (χ3v) is 4.87. The van der Waals surface area contributed by atoms with Gasteiger partial charge in [0, 0.05) is 36.8 Å².